The molecule has 0 saturated heterocycles. The Kier molecular flexibility index (Phi) is 4.04. The SMILES string of the molecule is Cc1cc(NC(=O)Cc2c(C)n[nH]c2C)ccc1Br. The molecule has 0 unspecified atom stereocenters. The summed E-state index contributed by atoms with van der Waals surface area (Å²) in [5.74, 6) is -0.0330. The third kappa shape index (κ3) is 3.23. The van der Waals surface area contributed by atoms with Crippen LogP contribution in [0.4, 0.5) is 5.69 Å². The predicted molar refractivity (Wildman–Crippen MR) is 79.3 cm³/mol. The molecule has 1 aromatic heterocycles. The Morgan fingerprint density at radius 1 is 1.37 bits per heavy atom. The number of rotatable bonds is 3. The molecule has 4 nitrogen and oxygen atoms in total. The fourth-order valence-electron chi connectivity index (χ4n) is 1.92. The van der Waals surface area contributed by atoms with Crippen LogP contribution in [0.15, 0.2) is 22.7 Å². The minimum Gasteiger partial charge on any atom is -0.326 e. The first-order valence-corrected chi connectivity index (χ1v) is 6.83. The van der Waals surface area contributed by atoms with Gasteiger partial charge in [0, 0.05) is 21.4 Å². The van der Waals surface area contributed by atoms with E-state index in [9.17, 15) is 4.79 Å². The van der Waals surface area contributed by atoms with Crippen molar-refractivity contribution in [1.29, 1.82) is 0 Å². The zero-order valence-electron chi connectivity index (χ0n) is 11.2. The zero-order valence-corrected chi connectivity index (χ0v) is 12.8. The maximum absolute atomic E-state index is 12.0. The van der Waals surface area contributed by atoms with Crippen LogP contribution in [-0.2, 0) is 11.2 Å². The second kappa shape index (κ2) is 5.57. The fourth-order valence-corrected chi connectivity index (χ4v) is 2.17. The molecule has 0 atom stereocenters. The van der Waals surface area contributed by atoms with Crippen molar-refractivity contribution in [2.75, 3.05) is 5.32 Å². The van der Waals surface area contributed by atoms with Crippen molar-refractivity contribution in [3.8, 4) is 0 Å². The molecule has 2 N–H and O–H groups in total. The summed E-state index contributed by atoms with van der Waals surface area (Å²) in [6.45, 7) is 5.81. The Morgan fingerprint density at radius 3 is 2.68 bits per heavy atom. The number of amides is 1. The molecule has 1 aromatic carbocycles. The van der Waals surface area contributed by atoms with Crippen molar-refractivity contribution in [2.24, 2.45) is 0 Å². The van der Waals surface area contributed by atoms with E-state index in [0.717, 1.165) is 32.7 Å². The molecule has 0 aliphatic heterocycles. The third-order valence-corrected chi connectivity index (χ3v) is 3.95. The predicted octanol–water partition coefficient (Wildman–Crippen LogP) is 3.28. The van der Waals surface area contributed by atoms with Gasteiger partial charge in [0.1, 0.15) is 0 Å². The molecule has 0 bridgehead atoms. The highest BCUT2D eigenvalue weighted by atomic mass is 79.9. The van der Waals surface area contributed by atoms with Crippen LogP contribution in [0, 0.1) is 20.8 Å². The van der Waals surface area contributed by atoms with E-state index in [-0.39, 0.29) is 5.91 Å². The average Bonchev–Trinajstić information content (AvgIpc) is 2.66. The Hall–Kier alpha value is -1.62. The molecule has 2 aromatic rings. The van der Waals surface area contributed by atoms with Crippen molar-refractivity contribution in [3.05, 3.63) is 45.2 Å². The molecule has 1 amide bonds. The van der Waals surface area contributed by atoms with Gasteiger partial charge in [0.05, 0.1) is 12.1 Å². The van der Waals surface area contributed by atoms with Gasteiger partial charge in [-0.2, -0.15) is 5.10 Å². The maximum atomic E-state index is 12.0. The van der Waals surface area contributed by atoms with Gasteiger partial charge in [0.25, 0.3) is 0 Å². The number of halogens is 1. The summed E-state index contributed by atoms with van der Waals surface area (Å²) >= 11 is 3.44. The average molecular weight is 322 g/mol. The lowest BCUT2D eigenvalue weighted by Gasteiger charge is -2.07. The van der Waals surface area contributed by atoms with Crippen LogP contribution < -0.4 is 5.32 Å². The smallest absolute Gasteiger partial charge is 0.228 e. The quantitative estimate of drug-likeness (QED) is 0.911. The number of carbonyl (C=O) groups is 1. The number of aromatic nitrogens is 2. The second-order valence-electron chi connectivity index (χ2n) is 4.60. The highest BCUT2D eigenvalue weighted by Crippen LogP contribution is 2.20. The van der Waals surface area contributed by atoms with Gasteiger partial charge in [-0.3, -0.25) is 9.89 Å². The number of nitrogens with one attached hydrogen (secondary N) is 2. The molecule has 0 radical (unpaired) electrons. The highest BCUT2D eigenvalue weighted by molar-refractivity contribution is 9.10. The van der Waals surface area contributed by atoms with Gasteiger partial charge in [-0.15, -0.1) is 0 Å². The van der Waals surface area contributed by atoms with Crippen LogP contribution >= 0.6 is 15.9 Å². The minimum atomic E-state index is -0.0330. The topological polar surface area (TPSA) is 57.8 Å². The van der Waals surface area contributed by atoms with E-state index < -0.39 is 0 Å². The molecular weight excluding hydrogens is 306 g/mol. The van der Waals surface area contributed by atoms with Gasteiger partial charge in [0.2, 0.25) is 5.91 Å². The Balaban J connectivity index is 2.07. The number of anilines is 1. The van der Waals surface area contributed by atoms with Crippen LogP contribution in [0.25, 0.3) is 0 Å². The van der Waals surface area contributed by atoms with E-state index in [0.29, 0.717) is 6.42 Å². The van der Waals surface area contributed by atoms with Gasteiger partial charge in [-0.1, -0.05) is 15.9 Å². The fraction of sp³-hybridized carbons (Fsp3) is 0.286. The summed E-state index contributed by atoms with van der Waals surface area (Å²) in [6.07, 6.45) is 0.337. The molecule has 1 heterocycles. The van der Waals surface area contributed by atoms with Crippen molar-refractivity contribution < 1.29 is 4.79 Å². The van der Waals surface area contributed by atoms with Crippen molar-refractivity contribution in [3.63, 3.8) is 0 Å². The van der Waals surface area contributed by atoms with E-state index in [1.165, 1.54) is 0 Å². The number of hydrogen-bond donors (Lipinski definition) is 2. The Bertz CT molecular complexity index is 600. The number of benzene rings is 1. The summed E-state index contributed by atoms with van der Waals surface area (Å²) < 4.78 is 1.03. The molecule has 0 saturated carbocycles. The normalized spacial score (nSPS) is 10.5. The standard InChI is InChI=1S/C14H16BrN3O/c1-8-6-11(4-5-13(8)15)16-14(19)7-12-9(2)17-18-10(12)3/h4-6H,7H2,1-3H3,(H,16,19)(H,17,18). The van der Waals surface area contributed by atoms with Gasteiger partial charge in [0.15, 0.2) is 0 Å². The first-order valence-electron chi connectivity index (χ1n) is 6.04. The molecule has 0 aliphatic carbocycles. The van der Waals surface area contributed by atoms with Crippen LogP contribution in [-0.4, -0.2) is 16.1 Å². The van der Waals surface area contributed by atoms with Crippen LogP contribution in [0.5, 0.6) is 0 Å². The van der Waals surface area contributed by atoms with Gasteiger partial charge < -0.3 is 5.32 Å². The summed E-state index contributed by atoms with van der Waals surface area (Å²) in [5.41, 5.74) is 4.68. The minimum absolute atomic E-state index is 0.0330. The summed E-state index contributed by atoms with van der Waals surface area (Å²) in [6, 6.07) is 5.75. The largest absolute Gasteiger partial charge is 0.326 e. The van der Waals surface area contributed by atoms with Gasteiger partial charge in [-0.25, -0.2) is 0 Å². The van der Waals surface area contributed by atoms with Crippen LogP contribution in [0.2, 0.25) is 0 Å². The summed E-state index contributed by atoms with van der Waals surface area (Å²) in [7, 11) is 0. The van der Waals surface area contributed by atoms with E-state index in [1.807, 2.05) is 39.0 Å². The van der Waals surface area contributed by atoms with E-state index in [2.05, 4.69) is 31.4 Å². The monoisotopic (exact) mass is 321 g/mol. The molecule has 2 rings (SSSR count). The number of H-pyrrole nitrogens is 1. The van der Waals surface area contributed by atoms with Crippen molar-refractivity contribution >= 4 is 27.5 Å². The molecular formula is C14H16BrN3O. The lowest BCUT2D eigenvalue weighted by atomic mass is 10.1. The summed E-state index contributed by atoms with van der Waals surface area (Å²) in [5, 5.41) is 9.88. The number of carbonyl (C=O) groups excluding carboxylic acids is 1. The van der Waals surface area contributed by atoms with Crippen molar-refractivity contribution in [2.45, 2.75) is 27.2 Å². The molecule has 0 aliphatic rings. The van der Waals surface area contributed by atoms with Crippen LogP contribution in [0.1, 0.15) is 22.5 Å². The summed E-state index contributed by atoms with van der Waals surface area (Å²) in [4.78, 5) is 12.0. The first-order chi connectivity index (χ1) is 8.97. The van der Waals surface area contributed by atoms with Crippen molar-refractivity contribution in [1.82, 2.24) is 10.2 Å². The molecule has 0 spiro atoms. The van der Waals surface area contributed by atoms with Gasteiger partial charge >= 0.3 is 0 Å². The van der Waals surface area contributed by atoms with E-state index >= 15 is 0 Å². The number of aryl methyl sites for hydroxylation is 3. The lowest BCUT2D eigenvalue weighted by Crippen LogP contribution is -2.15. The van der Waals surface area contributed by atoms with E-state index in [4.69, 9.17) is 0 Å². The van der Waals surface area contributed by atoms with Gasteiger partial charge in [-0.05, 0) is 44.5 Å². The van der Waals surface area contributed by atoms with E-state index in [1.54, 1.807) is 0 Å². The lowest BCUT2D eigenvalue weighted by molar-refractivity contribution is -0.115. The highest BCUT2D eigenvalue weighted by Gasteiger charge is 2.11. The Morgan fingerprint density at radius 2 is 2.11 bits per heavy atom. The molecule has 5 heteroatoms. The first kappa shape index (κ1) is 13.8. The van der Waals surface area contributed by atoms with Crippen LogP contribution in [0.3, 0.4) is 0 Å². The molecule has 19 heavy (non-hydrogen) atoms. The Labute approximate surface area is 120 Å². The molecule has 100 valence electrons. The third-order valence-electron chi connectivity index (χ3n) is 3.06. The second-order valence-corrected chi connectivity index (χ2v) is 5.46. The molecule has 0 fully saturated rings. The number of hydrogen-bond acceptors (Lipinski definition) is 2. The number of aromatic amines is 1. The maximum Gasteiger partial charge on any atom is 0.228 e. The zero-order chi connectivity index (χ0) is 14.0. The number of nitrogens with zero attached hydrogens (tertiary/aromatic N) is 1.